The zero-order valence-corrected chi connectivity index (χ0v) is 25.3. The van der Waals surface area contributed by atoms with Crippen LogP contribution in [0, 0.1) is 5.92 Å². The first-order chi connectivity index (χ1) is 20.8. The largest absolute Gasteiger partial charge is 0.444 e. The maximum absolute atomic E-state index is 14.5. The van der Waals surface area contributed by atoms with Crippen molar-refractivity contribution in [3.63, 3.8) is 0 Å². The molecule has 234 valence electrons. The highest BCUT2D eigenvalue weighted by atomic mass is 19.4. The number of halogens is 3. The van der Waals surface area contributed by atoms with Crippen LogP contribution in [0.4, 0.5) is 18.0 Å². The number of benzene rings is 1. The number of pyridine rings is 1. The van der Waals surface area contributed by atoms with Crippen molar-refractivity contribution in [3.8, 4) is 5.69 Å². The topological polar surface area (TPSA) is 86.7 Å². The standard InChI is InChI=1S/C32H37F3N6O3/c1-31(2,3)44-30(43)39-13-7-11-22(16-39)23-15-25(32(33,34)35)26-18-40(29(42)41(26)17-23)24-12-6-10-21(14-24)27(20-8-5-9-20)28-37-36-19-38(28)4/h6,10,12,14-15,17-20,22,27H,5,7-9,11,13,16H2,1-4H3/t22?,27-/m1/s1. The number of hydrogen-bond acceptors (Lipinski definition) is 5. The third kappa shape index (κ3) is 5.73. The van der Waals surface area contributed by atoms with E-state index >= 15 is 0 Å². The van der Waals surface area contributed by atoms with Gasteiger partial charge in [0.15, 0.2) is 0 Å². The number of likely N-dealkylation sites (tertiary alicyclic amines) is 1. The third-order valence-electron chi connectivity index (χ3n) is 8.79. The van der Waals surface area contributed by atoms with Crippen LogP contribution < -0.4 is 5.69 Å². The number of rotatable bonds is 5. The molecule has 2 aliphatic rings. The average molecular weight is 611 g/mol. The molecule has 1 unspecified atom stereocenters. The molecule has 1 aromatic carbocycles. The van der Waals surface area contributed by atoms with Gasteiger partial charge in [-0.2, -0.15) is 13.2 Å². The molecule has 0 N–H and O–H groups in total. The molecule has 0 radical (unpaired) electrons. The molecule has 9 nitrogen and oxygen atoms in total. The second-order valence-corrected chi connectivity index (χ2v) is 13.1. The number of carbonyl (C=O) groups excluding carboxylic acids is 1. The van der Waals surface area contributed by atoms with Gasteiger partial charge < -0.3 is 14.2 Å². The molecule has 1 amide bonds. The monoisotopic (exact) mass is 610 g/mol. The van der Waals surface area contributed by atoms with Crippen molar-refractivity contribution in [2.24, 2.45) is 13.0 Å². The molecule has 2 fully saturated rings. The number of imidazole rings is 1. The lowest BCUT2D eigenvalue weighted by Crippen LogP contribution is -2.42. The van der Waals surface area contributed by atoms with E-state index in [1.165, 1.54) is 21.9 Å². The van der Waals surface area contributed by atoms with Gasteiger partial charge in [0.25, 0.3) is 0 Å². The Bertz CT molecular complexity index is 1740. The number of fused-ring (bicyclic) bond motifs is 1. The van der Waals surface area contributed by atoms with Gasteiger partial charge in [0, 0.05) is 44.4 Å². The van der Waals surface area contributed by atoms with Crippen molar-refractivity contribution in [1.29, 1.82) is 0 Å². The Morgan fingerprint density at radius 1 is 1.07 bits per heavy atom. The van der Waals surface area contributed by atoms with E-state index < -0.39 is 29.1 Å². The fraction of sp³-hybridized carbons (Fsp3) is 0.500. The summed E-state index contributed by atoms with van der Waals surface area (Å²) in [5.41, 5.74) is -0.616. The molecule has 1 saturated heterocycles. The van der Waals surface area contributed by atoms with Crippen LogP contribution in [0.5, 0.6) is 0 Å². The van der Waals surface area contributed by atoms with Crippen LogP contribution in [0.1, 0.15) is 87.2 Å². The van der Waals surface area contributed by atoms with E-state index in [1.54, 1.807) is 33.2 Å². The Morgan fingerprint density at radius 3 is 2.48 bits per heavy atom. The van der Waals surface area contributed by atoms with E-state index in [9.17, 15) is 22.8 Å². The normalized spacial score (nSPS) is 18.8. The van der Waals surface area contributed by atoms with Crippen molar-refractivity contribution in [2.75, 3.05) is 13.1 Å². The van der Waals surface area contributed by atoms with Gasteiger partial charge in [-0.05, 0) is 81.7 Å². The van der Waals surface area contributed by atoms with E-state index in [0.29, 0.717) is 36.6 Å². The lowest BCUT2D eigenvalue weighted by molar-refractivity contribution is -0.136. The predicted molar refractivity (Wildman–Crippen MR) is 158 cm³/mol. The minimum Gasteiger partial charge on any atom is -0.444 e. The lowest BCUT2D eigenvalue weighted by Gasteiger charge is -2.34. The van der Waals surface area contributed by atoms with Crippen molar-refractivity contribution in [3.05, 3.63) is 82.1 Å². The van der Waals surface area contributed by atoms with Crippen LogP contribution in [-0.2, 0) is 18.0 Å². The van der Waals surface area contributed by atoms with Gasteiger partial charge in [-0.25, -0.2) is 9.59 Å². The maximum atomic E-state index is 14.5. The van der Waals surface area contributed by atoms with Gasteiger partial charge >= 0.3 is 18.0 Å². The second-order valence-electron chi connectivity index (χ2n) is 13.1. The number of ether oxygens (including phenoxy) is 1. The van der Waals surface area contributed by atoms with Crippen LogP contribution in [0.2, 0.25) is 0 Å². The summed E-state index contributed by atoms with van der Waals surface area (Å²) in [6.07, 6.45) is 3.64. The highest BCUT2D eigenvalue weighted by Gasteiger charge is 2.37. The number of alkyl halides is 3. The number of nitrogens with zero attached hydrogens (tertiary/aromatic N) is 6. The highest BCUT2D eigenvalue weighted by Crippen LogP contribution is 2.43. The van der Waals surface area contributed by atoms with Gasteiger partial charge in [-0.1, -0.05) is 18.6 Å². The molecule has 1 aliphatic heterocycles. The van der Waals surface area contributed by atoms with Crippen LogP contribution in [0.3, 0.4) is 0 Å². The number of amides is 1. The molecular formula is C32H37F3N6O3. The zero-order chi connectivity index (χ0) is 31.4. The fourth-order valence-corrected chi connectivity index (χ4v) is 6.43. The molecule has 3 aromatic heterocycles. The Balaban J connectivity index is 1.40. The number of piperidine rings is 1. The Kier molecular flexibility index (Phi) is 7.57. The number of aromatic nitrogens is 5. The summed E-state index contributed by atoms with van der Waals surface area (Å²) < 4.78 is 53.2. The summed E-state index contributed by atoms with van der Waals surface area (Å²) >= 11 is 0. The van der Waals surface area contributed by atoms with E-state index in [1.807, 2.05) is 29.8 Å². The summed E-state index contributed by atoms with van der Waals surface area (Å²) in [4.78, 5) is 28.1. The maximum Gasteiger partial charge on any atom is 0.418 e. The van der Waals surface area contributed by atoms with E-state index in [4.69, 9.17) is 4.74 Å². The zero-order valence-electron chi connectivity index (χ0n) is 25.3. The molecule has 2 atom stereocenters. The molecule has 44 heavy (non-hydrogen) atoms. The Labute approximate surface area is 253 Å². The second kappa shape index (κ2) is 11.1. The molecular weight excluding hydrogens is 573 g/mol. The van der Waals surface area contributed by atoms with Crippen molar-refractivity contribution in [2.45, 2.75) is 76.5 Å². The summed E-state index contributed by atoms with van der Waals surface area (Å²) in [7, 11) is 1.89. The predicted octanol–water partition coefficient (Wildman–Crippen LogP) is 6.28. The van der Waals surface area contributed by atoms with Crippen LogP contribution in [0.25, 0.3) is 11.2 Å². The Hall–Kier alpha value is -4.09. The van der Waals surface area contributed by atoms with Crippen LogP contribution in [-0.4, -0.2) is 53.4 Å². The minimum absolute atomic E-state index is 0.0412. The van der Waals surface area contributed by atoms with E-state index in [0.717, 1.165) is 41.1 Å². The first-order valence-electron chi connectivity index (χ1n) is 15.1. The molecule has 1 saturated carbocycles. The number of aryl methyl sites for hydroxylation is 1. The van der Waals surface area contributed by atoms with Gasteiger partial charge in [-0.15, -0.1) is 10.2 Å². The highest BCUT2D eigenvalue weighted by molar-refractivity contribution is 5.68. The molecule has 12 heteroatoms. The smallest absolute Gasteiger partial charge is 0.418 e. The third-order valence-corrected chi connectivity index (χ3v) is 8.79. The van der Waals surface area contributed by atoms with Crippen molar-refractivity contribution < 1.29 is 22.7 Å². The molecule has 0 bridgehead atoms. The summed E-state index contributed by atoms with van der Waals surface area (Å²) in [6, 6.07) is 8.52. The summed E-state index contributed by atoms with van der Waals surface area (Å²) in [6.45, 7) is 5.98. The van der Waals surface area contributed by atoms with Crippen LogP contribution >= 0.6 is 0 Å². The lowest BCUT2D eigenvalue weighted by atomic mass is 9.72. The van der Waals surface area contributed by atoms with Gasteiger partial charge in [0.1, 0.15) is 17.8 Å². The summed E-state index contributed by atoms with van der Waals surface area (Å²) in [5.74, 6) is 0.765. The number of hydrogen-bond donors (Lipinski definition) is 0. The SMILES string of the molecule is Cn1cnnc1[C@@H](c1cccc(-n2cc3c(C(F)(F)F)cc(C4CCCN(C(=O)OC(C)(C)C)C4)cn3c2=O)c1)C1CCC1. The van der Waals surface area contributed by atoms with Crippen molar-refractivity contribution >= 4 is 11.6 Å². The molecule has 4 aromatic rings. The fourth-order valence-electron chi connectivity index (χ4n) is 6.43. The quantitative estimate of drug-likeness (QED) is 0.265. The minimum atomic E-state index is -4.69. The molecule has 4 heterocycles. The van der Waals surface area contributed by atoms with Crippen molar-refractivity contribution in [1.82, 2.24) is 28.6 Å². The van der Waals surface area contributed by atoms with Gasteiger partial charge in [0.2, 0.25) is 0 Å². The van der Waals surface area contributed by atoms with E-state index in [-0.39, 0.29) is 23.9 Å². The first kappa shape index (κ1) is 30.0. The first-order valence-corrected chi connectivity index (χ1v) is 15.1. The summed E-state index contributed by atoms with van der Waals surface area (Å²) in [5, 5.41) is 8.42. The average Bonchev–Trinajstić information content (AvgIpc) is 3.51. The van der Waals surface area contributed by atoms with E-state index in [2.05, 4.69) is 10.2 Å². The molecule has 6 rings (SSSR count). The molecule has 0 spiro atoms. The number of carbonyl (C=O) groups is 1. The van der Waals surface area contributed by atoms with Gasteiger partial charge in [-0.3, -0.25) is 8.97 Å². The Morgan fingerprint density at radius 2 is 1.84 bits per heavy atom. The molecule has 1 aliphatic carbocycles. The van der Waals surface area contributed by atoms with Gasteiger partial charge in [0.05, 0.1) is 16.8 Å². The van der Waals surface area contributed by atoms with Crippen LogP contribution in [0.15, 0.2) is 53.8 Å².